The summed E-state index contributed by atoms with van der Waals surface area (Å²) in [5.41, 5.74) is 2.87. The molecule has 2 heterocycles. The van der Waals surface area contributed by atoms with E-state index in [2.05, 4.69) is 15.4 Å². The van der Waals surface area contributed by atoms with Crippen molar-refractivity contribution in [2.24, 2.45) is 0 Å². The van der Waals surface area contributed by atoms with E-state index >= 15 is 0 Å². The van der Waals surface area contributed by atoms with Gasteiger partial charge < -0.3 is 5.32 Å². The van der Waals surface area contributed by atoms with E-state index in [-0.39, 0.29) is 11.5 Å². The second kappa shape index (κ2) is 6.12. The minimum absolute atomic E-state index is 0.211. The van der Waals surface area contributed by atoms with Crippen molar-refractivity contribution in [2.75, 3.05) is 5.32 Å². The molecule has 1 atom stereocenters. The van der Waals surface area contributed by atoms with Crippen molar-refractivity contribution in [2.45, 2.75) is 57.9 Å². The Labute approximate surface area is 143 Å². The molecule has 0 radical (unpaired) electrons. The summed E-state index contributed by atoms with van der Waals surface area (Å²) in [4.78, 5) is 30.6. The number of aryl methyl sites for hydroxylation is 4. The molecule has 24 heavy (non-hydrogen) atoms. The monoisotopic (exact) mass is 344 g/mol. The number of hydrogen-bond donors (Lipinski definition) is 1. The van der Waals surface area contributed by atoms with Gasteiger partial charge >= 0.3 is 0 Å². The van der Waals surface area contributed by atoms with E-state index in [9.17, 15) is 9.59 Å². The molecule has 126 valence electrons. The number of thiazole rings is 1. The molecule has 0 unspecified atom stereocenters. The number of hydrogen-bond acceptors (Lipinski definition) is 5. The van der Waals surface area contributed by atoms with Crippen molar-refractivity contribution < 1.29 is 4.79 Å². The molecule has 0 bridgehead atoms. The van der Waals surface area contributed by atoms with Gasteiger partial charge in [-0.1, -0.05) is 0 Å². The molecule has 2 aliphatic carbocycles. The maximum absolute atomic E-state index is 12.5. The normalized spacial score (nSPS) is 17.2. The Balaban J connectivity index is 1.54. The fraction of sp³-hybridized carbons (Fsp3) is 0.529. The highest BCUT2D eigenvalue weighted by atomic mass is 32.1. The summed E-state index contributed by atoms with van der Waals surface area (Å²) < 4.78 is 1.30. The summed E-state index contributed by atoms with van der Waals surface area (Å²) in [6.45, 7) is 1.71. The van der Waals surface area contributed by atoms with Gasteiger partial charge in [-0.3, -0.25) is 9.59 Å². The maximum Gasteiger partial charge on any atom is 0.267 e. The summed E-state index contributed by atoms with van der Waals surface area (Å²) in [6, 6.07) is 0.977. The topological polar surface area (TPSA) is 76.9 Å². The number of carbonyl (C=O) groups excluding carboxylic acids is 1. The van der Waals surface area contributed by atoms with Gasteiger partial charge in [-0.05, 0) is 57.4 Å². The highest BCUT2D eigenvalue weighted by molar-refractivity contribution is 7.15. The molecule has 6 nitrogen and oxygen atoms in total. The van der Waals surface area contributed by atoms with Crippen molar-refractivity contribution in [1.29, 1.82) is 0 Å². The zero-order valence-corrected chi connectivity index (χ0v) is 14.5. The highest BCUT2D eigenvalue weighted by Gasteiger charge is 2.23. The van der Waals surface area contributed by atoms with E-state index in [0.717, 1.165) is 55.5 Å². The summed E-state index contributed by atoms with van der Waals surface area (Å²) in [6.07, 6.45) is 7.19. The minimum atomic E-state index is -0.649. The van der Waals surface area contributed by atoms with Gasteiger partial charge in [0.05, 0.1) is 11.4 Å². The van der Waals surface area contributed by atoms with Gasteiger partial charge in [-0.15, -0.1) is 11.3 Å². The standard InChI is InChI=1S/C17H20N4O2S/c1-10(21-15(22)9-11-5-4-7-12(11)20-21)16(23)19-17-18-13-6-2-3-8-14(13)24-17/h9-10H,2-8H2,1H3,(H,18,19,23)/t10-/m0/s1. The zero-order chi connectivity index (χ0) is 16.7. The van der Waals surface area contributed by atoms with Crippen LogP contribution >= 0.6 is 11.3 Å². The van der Waals surface area contributed by atoms with Crippen molar-refractivity contribution in [3.63, 3.8) is 0 Å². The van der Waals surface area contributed by atoms with Crippen LogP contribution in [0.25, 0.3) is 0 Å². The van der Waals surface area contributed by atoms with Gasteiger partial charge in [0, 0.05) is 10.9 Å². The van der Waals surface area contributed by atoms with Crippen LogP contribution in [0.2, 0.25) is 0 Å². The van der Waals surface area contributed by atoms with Crippen LogP contribution in [-0.4, -0.2) is 20.7 Å². The zero-order valence-electron chi connectivity index (χ0n) is 13.7. The lowest BCUT2D eigenvalue weighted by atomic mass is 10.0. The first-order valence-corrected chi connectivity index (χ1v) is 9.34. The average Bonchev–Trinajstić information content (AvgIpc) is 3.18. The lowest BCUT2D eigenvalue weighted by Gasteiger charge is -2.14. The van der Waals surface area contributed by atoms with Crippen LogP contribution in [0.5, 0.6) is 0 Å². The summed E-state index contributed by atoms with van der Waals surface area (Å²) in [5, 5.41) is 7.90. The Bertz CT molecular complexity index is 831. The van der Waals surface area contributed by atoms with Crippen LogP contribution in [0.4, 0.5) is 5.13 Å². The Morgan fingerprint density at radius 2 is 2.00 bits per heavy atom. The molecule has 0 fully saturated rings. The Kier molecular flexibility index (Phi) is 3.96. The fourth-order valence-corrected chi connectivity index (χ4v) is 4.47. The second-order valence-corrected chi connectivity index (χ2v) is 7.60. The predicted octanol–water partition coefficient (Wildman–Crippen LogP) is 2.27. The van der Waals surface area contributed by atoms with Crippen molar-refractivity contribution in [1.82, 2.24) is 14.8 Å². The third-order valence-corrected chi connectivity index (χ3v) is 5.88. The van der Waals surface area contributed by atoms with Gasteiger partial charge in [0.1, 0.15) is 6.04 Å². The molecular formula is C17H20N4O2S. The van der Waals surface area contributed by atoms with Gasteiger partial charge in [0.2, 0.25) is 0 Å². The van der Waals surface area contributed by atoms with Crippen LogP contribution in [0.15, 0.2) is 10.9 Å². The first-order chi connectivity index (χ1) is 11.6. The molecule has 0 spiro atoms. The molecule has 0 saturated heterocycles. The lowest BCUT2D eigenvalue weighted by Crippen LogP contribution is -2.33. The molecule has 0 saturated carbocycles. The quantitative estimate of drug-likeness (QED) is 0.926. The van der Waals surface area contributed by atoms with Gasteiger partial charge in [0.15, 0.2) is 5.13 Å². The van der Waals surface area contributed by atoms with E-state index in [1.54, 1.807) is 24.3 Å². The molecule has 4 rings (SSSR count). The molecule has 0 aliphatic heterocycles. The van der Waals surface area contributed by atoms with Crippen LogP contribution in [0, 0.1) is 0 Å². The van der Waals surface area contributed by atoms with E-state index in [0.29, 0.717) is 5.13 Å². The number of amides is 1. The SMILES string of the molecule is C[C@@H](C(=O)Nc1nc2c(s1)CCCC2)n1nc2c(cc1=O)CCC2. The molecule has 7 heteroatoms. The Morgan fingerprint density at radius 1 is 1.21 bits per heavy atom. The Morgan fingerprint density at radius 3 is 2.83 bits per heavy atom. The summed E-state index contributed by atoms with van der Waals surface area (Å²) >= 11 is 1.55. The molecule has 1 amide bonds. The van der Waals surface area contributed by atoms with E-state index in [4.69, 9.17) is 0 Å². The van der Waals surface area contributed by atoms with Crippen molar-refractivity contribution >= 4 is 22.4 Å². The molecule has 1 N–H and O–H groups in total. The van der Waals surface area contributed by atoms with Gasteiger partial charge in [-0.25, -0.2) is 9.67 Å². The largest absolute Gasteiger partial charge is 0.300 e. The lowest BCUT2D eigenvalue weighted by molar-refractivity contribution is -0.119. The average molecular weight is 344 g/mol. The molecule has 2 aromatic heterocycles. The van der Waals surface area contributed by atoms with Crippen molar-refractivity contribution in [3.8, 4) is 0 Å². The van der Waals surface area contributed by atoms with E-state index in [1.807, 2.05) is 0 Å². The van der Waals surface area contributed by atoms with E-state index in [1.165, 1.54) is 16.0 Å². The molecule has 2 aromatic rings. The number of aromatic nitrogens is 3. The fourth-order valence-electron chi connectivity index (χ4n) is 3.42. The number of rotatable bonds is 3. The van der Waals surface area contributed by atoms with Crippen LogP contribution in [-0.2, 0) is 30.5 Å². The van der Waals surface area contributed by atoms with Crippen LogP contribution in [0.1, 0.15) is 54.1 Å². The number of nitrogens with zero attached hydrogens (tertiary/aromatic N) is 3. The number of carbonyl (C=O) groups is 1. The maximum atomic E-state index is 12.5. The first kappa shape index (κ1) is 15.5. The first-order valence-electron chi connectivity index (χ1n) is 8.53. The number of anilines is 1. The number of nitrogens with one attached hydrogen (secondary N) is 1. The molecule has 2 aliphatic rings. The van der Waals surface area contributed by atoms with Gasteiger partial charge in [-0.2, -0.15) is 5.10 Å². The molecule has 0 aromatic carbocycles. The highest BCUT2D eigenvalue weighted by Crippen LogP contribution is 2.29. The smallest absolute Gasteiger partial charge is 0.267 e. The third-order valence-electron chi connectivity index (χ3n) is 4.80. The van der Waals surface area contributed by atoms with Gasteiger partial charge in [0.25, 0.3) is 11.5 Å². The van der Waals surface area contributed by atoms with Crippen LogP contribution in [0.3, 0.4) is 0 Å². The Hall–Kier alpha value is -2.02. The van der Waals surface area contributed by atoms with E-state index < -0.39 is 6.04 Å². The summed E-state index contributed by atoms with van der Waals surface area (Å²) in [7, 11) is 0. The third kappa shape index (κ3) is 2.77. The van der Waals surface area contributed by atoms with Crippen LogP contribution < -0.4 is 10.9 Å². The molecular weight excluding hydrogens is 324 g/mol. The predicted molar refractivity (Wildman–Crippen MR) is 92.6 cm³/mol. The van der Waals surface area contributed by atoms with Crippen molar-refractivity contribution in [3.05, 3.63) is 38.2 Å². The summed E-state index contributed by atoms with van der Waals surface area (Å²) in [5.74, 6) is -0.242. The number of fused-ring (bicyclic) bond motifs is 2. The minimum Gasteiger partial charge on any atom is -0.300 e. The second-order valence-electron chi connectivity index (χ2n) is 6.51.